The Kier molecular flexibility index (Phi) is 7.83. The van der Waals surface area contributed by atoms with E-state index in [9.17, 15) is 18.8 Å². The lowest BCUT2D eigenvalue weighted by molar-refractivity contribution is -0.152. The molecule has 3 amide bonds. The van der Waals surface area contributed by atoms with Gasteiger partial charge in [0.2, 0.25) is 11.8 Å². The number of nitrogens with one attached hydrogen (secondary N) is 2. The molecule has 0 bridgehead atoms. The van der Waals surface area contributed by atoms with Crippen molar-refractivity contribution in [2.75, 3.05) is 26.3 Å². The summed E-state index contributed by atoms with van der Waals surface area (Å²) in [4.78, 5) is 46.0. The van der Waals surface area contributed by atoms with Gasteiger partial charge in [-0.1, -0.05) is 6.07 Å². The van der Waals surface area contributed by atoms with Crippen LogP contribution in [0, 0.1) is 5.82 Å². The van der Waals surface area contributed by atoms with Crippen molar-refractivity contribution in [3.05, 3.63) is 89.3 Å². The highest BCUT2D eigenvalue weighted by Crippen LogP contribution is 2.35. The number of nitrogens with zero attached hydrogens (tertiary/aromatic N) is 2. The second-order valence-electron chi connectivity index (χ2n) is 9.96. The Morgan fingerprint density at radius 3 is 2.64 bits per heavy atom. The summed E-state index contributed by atoms with van der Waals surface area (Å²) in [5.74, 6) is -1.89. The van der Waals surface area contributed by atoms with E-state index in [1.165, 1.54) is 35.2 Å². The van der Waals surface area contributed by atoms with E-state index in [-0.39, 0.29) is 36.8 Å². The van der Waals surface area contributed by atoms with Crippen molar-refractivity contribution in [3.8, 4) is 11.5 Å². The van der Waals surface area contributed by atoms with Crippen LogP contribution in [0.15, 0.2) is 73.1 Å². The van der Waals surface area contributed by atoms with Crippen LogP contribution in [0.25, 0.3) is 10.1 Å². The zero-order chi connectivity index (χ0) is 29.1. The number of thiophene rings is 1. The van der Waals surface area contributed by atoms with Crippen LogP contribution in [0.5, 0.6) is 11.5 Å². The average Bonchev–Trinajstić information content (AvgIpc) is 3.74. The van der Waals surface area contributed by atoms with E-state index in [0.29, 0.717) is 31.3 Å². The van der Waals surface area contributed by atoms with Gasteiger partial charge in [-0.05, 0) is 54.6 Å². The smallest absolute Gasteiger partial charge is 0.251 e. The number of benzene rings is 2. The van der Waals surface area contributed by atoms with Crippen LogP contribution >= 0.6 is 11.3 Å². The molecule has 2 aromatic heterocycles. The van der Waals surface area contributed by atoms with Crippen molar-refractivity contribution in [2.45, 2.75) is 24.8 Å². The molecule has 2 N–H and O–H groups in total. The second-order valence-corrected chi connectivity index (χ2v) is 11.1. The first kappa shape index (κ1) is 27.8. The number of likely N-dealkylation sites (tertiary alicyclic amines) is 1. The third-order valence-corrected chi connectivity index (χ3v) is 8.19. The van der Waals surface area contributed by atoms with E-state index in [1.807, 2.05) is 12.1 Å². The Bertz CT molecular complexity index is 1590. The number of ether oxygens (including phenoxy) is 3. The number of aromatic nitrogens is 1. The summed E-state index contributed by atoms with van der Waals surface area (Å²) in [6, 6.07) is 15.0. The van der Waals surface area contributed by atoms with Crippen molar-refractivity contribution in [1.29, 1.82) is 0 Å². The Morgan fingerprint density at radius 1 is 1.05 bits per heavy atom. The maximum absolute atomic E-state index is 13.3. The number of halogens is 1. The number of amides is 3. The lowest BCUT2D eigenvalue weighted by Crippen LogP contribution is -2.49. The molecule has 2 fully saturated rings. The topological polar surface area (TPSA) is 119 Å². The summed E-state index contributed by atoms with van der Waals surface area (Å²) in [5.41, 5.74) is 0.274. The van der Waals surface area contributed by atoms with Gasteiger partial charge in [-0.15, -0.1) is 11.3 Å². The van der Waals surface area contributed by atoms with Crippen LogP contribution in [0.1, 0.15) is 21.7 Å². The van der Waals surface area contributed by atoms with Crippen LogP contribution in [-0.4, -0.2) is 65.7 Å². The van der Waals surface area contributed by atoms with Gasteiger partial charge in [0, 0.05) is 39.3 Å². The van der Waals surface area contributed by atoms with E-state index in [4.69, 9.17) is 14.2 Å². The monoisotopic (exact) mass is 590 g/mol. The average molecular weight is 591 g/mol. The van der Waals surface area contributed by atoms with Gasteiger partial charge >= 0.3 is 0 Å². The molecule has 1 atom stereocenters. The van der Waals surface area contributed by atoms with Crippen molar-refractivity contribution < 1.29 is 33.0 Å². The number of rotatable bonds is 8. The highest BCUT2D eigenvalue weighted by molar-refractivity contribution is 7.19. The Hall–Kier alpha value is -4.39. The summed E-state index contributed by atoms with van der Waals surface area (Å²) in [7, 11) is 0. The molecule has 2 aliphatic heterocycles. The summed E-state index contributed by atoms with van der Waals surface area (Å²) >= 11 is 1.56. The van der Waals surface area contributed by atoms with Gasteiger partial charge in [-0.25, -0.2) is 4.39 Å². The zero-order valence-corrected chi connectivity index (χ0v) is 23.2. The molecular formula is C30H27FN4O6S. The first-order valence-electron chi connectivity index (χ1n) is 13.4. The van der Waals surface area contributed by atoms with E-state index in [1.54, 1.807) is 41.9 Å². The van der Waals surface area contributed by atoms with Crippen molar-refractivity contribution in [2.24, 2.45) is 0 Å². The molecule has 2 aliphatic rings. The molecule has 0 unspecified atom stereocenters. The van der Waals surface area contributed by atoms with E-state index in [0.717, 1.165) is 15.0 Å². The Morgan fingerprint density at radius 2 is 1.86 bits per heavy atom. The standard InChI is InChI=1S/C30H27FN4O6S/c31-21-4-6-22(7-5-21)41-23-3-1-2-19(12-23)28(37)34-17-27(36)35-18-30(39-10-11-40-30)14-25(35)29(38)33-16-24-13-20-15-32-9-8-26(20)42-24/h1-9,12-13,15,25H,10-11,14,16-18H2,(H,33,38)(H,34,37)/t25-/m0/s1. The number of pyridine rings is 1. The fourth-order valence-corrected chi connectivity index (χ4v) is 6.03. The van der Waals surface area contributed by atoms with Crippen LogP contribution < -0.4 is 15.4 Å². The molecule has 1 spiro atoms. The molecule has 2 aromatic carbocycles. The third-order valence-electron chi connectivity index (χ3n) is 7.08. The summed E-state index contributed by atoms with van der Waals surface area (Å²) in [5, 5.41) is 6.57. The molecule has 2 saturated heterocycles. The van der Waals surface area contributed by atoms with Crippen LogP contribution in [0.4, 0.5) is 4.39 Å². The van der Waals surface area contributed by atoms with Gasteiger partial charge in [-0.3, -0.25) is 19.4 Å². The lowest BCUT2D eigenvalue weighted by Gasteiger charge is -2.24. The van der Waals surface area contributed by atoms with Crippen molar-refractivity contribution >= 4 is 39.1 Å². The van der Waals surface area contributed by atoms with Gasteiger partial charge in [0.1, 0.15) is 23.4 Å². The highest BCUT2D eigenvalue weighted by Gasteiger charge is 2.52. The highest BCUT2D eigenvalue weighted by atomic mass is 32.1. The molecule has 4 aromatic rings. The number of hydrogen-bond acceptors (Lipinski definition) is 8. The predicted octanol–water partition coefficient (Wildman–Crippen LogP) is 3.62. The van der Waals surface area contributed by atoms with Crippen molar-refractivity contribution in [3.63, 3.8) is 0 Å². The van der Waals surface area contributed by atoms with E-state index < -0.39 is 23.6 Å². The van der Waals surface area contributed by atoms with E-state index >= 15 is 0 Å². The molecule has 0 saturated carbocycles. The number of fused-ring (bicyclic) bond motifs is 1. The number of hydrogen-bond donors (Lipinski definition) is 2. The van der Waals surface area contributed by atoms with Crippen LogP contribution in [-0.2, 0) is 25.6 Å². The molecule has 0 radical (unpaired) electrons. The zero-order valence-electron chi connectivity index (χ0n) is 22.4. The van der Waals surface area contributed by atoms with Gasteiger partial charge < -0.3 is 29.7 Å². The van der Waals surface area contributed by atoms with Gasteiger partial charge in [0.15, 0.2) is 5.79 Å². The number of carbonyl (C=O) groups is 3. The van der Waals surface area contributed by atoms with E-state index in [2.05, 4.69) is 15.6 Å². The predicted molar refractivity (Wildman–Crippen MR) is 151 cm³/mol. The molecule has 4 heterocycles. The Balaban J connectivity index is 1.09. The molecule has 12 heteroatoms. The summed E-state index contributed by atoms with van der Waals surface area (Å²) < 4.78 is 31.6. The van der Waals surface area contributed by atoms with Gasteiger partial charge in [0.05, 0.1) is 32.8 Å². The first-order chi connectivity index (χ1) is 20.4. The minimum absolute atomic E-state index is 0.0787. The normalized spacial score (nSPS) is 17.5. The molecule has 0 aliphatic carbocycles. The van der Waals surface area contributed by atoms with Crippen LogP contribution in [0.3, 0.4) is 0 Å². The largest absolute Gasteiger partial charge is 0.457 e. The summed E-state index contributed by atoms with van der Waals surface area (Å²) in [6.07, 6.45) is 3.69. The molecule has 42 heavy (non-hydrogen) atoms. The fourth-order valence-electron chi connectivity index (χ4n) is 5.06. The maximum atomic E-state index is 13.3. The second kappa shape index (κ2) is 11.8. The fraction of sp³-hybridized carbons (Fsp3) is 0.267. The lowest BCUT2D eigenvalue weighted by atomic mass is 10.1. The minimum atomic E-state index is -1.04. The molecule has 10 nitrogen and oxygen atoms in total. The summed E-state index contributed by atoms with van der Waals surface area (Å²) in [6.45, 7) is 0.803. The van der Waals surface area contributed by atoms with Gasteiger partial charge in [0.25, 0.3) is 5.91 Å². The first-order valence-corrected chi connectivity index (χ1v) is 14.2. The van der Waals surface area contributed by atoms with Gasteiger partial charge in [-0.2, -0.15) is 0 Å². The quantitative estimate of drug-likeness (QED) is 0.322. The van der Waals surface area contributed by atoms with Crippen LogP contribution in [0.2, 0.25) is 0 Å². The minimum Gasteiger partial charge on any atom is -0.457 e. The Labute approximate surface area is 244 Å². The van der Waals surface area contributed by atoms with Crippen molar-refractivity contribution in [1.82, 2.24) is 20.5 Å². The molecular weight excluding hydrogens is 563 g/mol. The third kappa shape index (κ3) is 6.10. The SMILES string of the molecule is O=C(NCC(=O)N1CC2(C[C@H]1C(=O)NCc1cc3cnccc3s1)OCCO2)c1cccc(Oc2ccc(F)cc2)c1. The molecule has 216 valence electrons. The maximum Gasteiger partial charge on any atom is 0.251 e. The number of carbonyl (C=O) groups excluding carboxylic acids is 3. The molecule has 6 rings (SSSR count).